The van der Waals surface area contributed by atoms with Gasteiger partial charge in [-0.15, -0.1) is 0 Å². The summed E-state index contributed by atoms with van der Waals surface area (Å²) in [7, 11) is 0. The van der Waals surface area contributed by atoms with Gasteiger partial charge in [0.15, 0.2) is 5.78 Å². The number of nitrogens with two attached hydrogens (primary N) is 1. The molecule has 186 valence electrons. The van der Waals surface area contributed by atoms with Gasteiger partial charge in [-0.3, -0.25) is 4.79 Å². The van der Waals surface area contributed by atoms with Gasteiger partial charge in [-0.05, 0) is 79.4 Å². The van der Waals surface area contributed by atoms with Crippen molar-refractivity contribution in [2.75, 3.05) is 5.73 Å². The number of ketones is 1. The molecule has 5 rings (SSSR count). The second kappa shape index (κ2) is 8.44. The van der Waals surface area contributed by atoms with E-state index in [9.17, 15) is 19.1 Å². The average Bonchev–Trinajstić information content (AvgIpc) is 3.04. The van der Waals surface area contributed by atoms with Crippen molar-refractivity contribution in [1.82, 2.24) is 0 Å². The molecule has 8 atom stereocenters. The minimum absolute atomic E-state index is 0.0300. The summed E-state index contributed by atoms with van der Waals surface area (Å²) in [5.41, 5.74) is 6.77. The SMILES string of the molecule is CC1CC2C3CCC4=CC(=O)C=CC4(C)C3C(O)CC2(C)C1OC(=O)/C=C/c1ccc(F)c(N)c1. The van der Waals surface area contributed by atoms with Crippen LogP contribution in [0.5, 0.6) is 0 Å². The molecule has 0 spiro atoms. The number of esters is 1. The standard InChI is InChI=1S/C29H34FNO4/c1-16-12-21-20-7-6-18-14-19(32)10-11-28(18,2)26(20)24(33)15-29(21,3)27(16)35-25(34)9-5-17-4-8-22(30)23(31)13-17/h4-5,8-11,13-14,16,20-21,24,26-27,33H,6-7,12,15,31H2,1-3H3/b9-5+. The Morgan fingerprint density at radius 1 is 1.31 bits per heavy atom. The maximum Gasteiger partial charge on any atom is 0.331 e. The van der Waals surface area contributed by atoms with Crippen LogP contribution in [0.4, 0.5) is 10.1 Å². The lowest BCUT2D eigenvalue weighted by Crippen LogP contribution is -2.57. The highest BCUT2D eigenvalue weighted by molar-refractivity contribution is 6.01. The predicted molar refractivity (Wildman–Crippen MR) is 132 cm³/mol. The third-order valence-corrected chi connectivity index (χ3v) is 9.40. The van der Waals surface area contributed by atoms with Crippen LogP contribution in [0.15, 0.2) is 48.1 Å². The molecule has 0 heterocycles. The zero-order chi connectivity index (χ0) is 25.1. The Kier molecular flexibility index (Phi) is 5.78. The minimum atomic E-state index is -0.544. The molecule has 0 aromatic heterocycles. The fraction of sp³-hybridized carbons (Fsp3) is 0.517. The number of carbonyl (C=O) groups is 2. The maximum atomic E-state index is 13.4. The molecule has 6 heteroatoms. The summed E-state index contributed by atoms with van der Waals surface area (Å²) < 4.78 is 19.4. The molecule has 0 amide bonds. The van der Waals surface area contributed by atoms with Gasteiger partial charge in [0.1, 0.15) is 11.9 Å². The van der Waals surface area contributed by atoms with Crippen LogP contribution in [0.2, 0.25) is 0 Å². The van der Waals surface area contributed by atoms with Gasteiger partial charge in [0.2, 0.25) is 0 Å². The highest BCUT2D eigenvalue weighted by atomic mass is 19.1. The number of ether oxygens (including phenoxy) is 1. The van der Waals surface area contributed by atoms with Crippen molar-refractivity contribution >= 4 is 23.5 Å². The highest BCUT2D eigenvalue weighted by Gasteiger charge is 2.64. The summed E-state index contributed by atoms with van der Waals surface area (Å²) in [6.45, 7) is 6.45. The molecule has 0 radical (unpaired) electrons. The summed E-state index contributed by atoms with van der Waals surface area (Å²) >= 11 is 0. The Morgan fingerprint density at radius 3 is 2.83 bits per heavy atom. The number of aliphatic hydroxyl groups is 1. The molecule has 0 aliphatic heterocycles. The molecular weight excluding hydrogens is 445 g/mol. The van der Waals surface area contributed by atoms with Crippen molar-refractivity contribution in [2.45, 2.75) is 58.7 Å². The van der Waals surface area contributed by atoms with Crippen LogP contribution >= 0.6 is 0 Å². The smallest absolute Gasteiger partial charge is 0.331 e. The van der Waals surface area contributed by atoms with E-state index in [0.29, 0.717) is 23.8 Å². The second-order valence-corrected chi connectivity index (χ2v) is 11.5. The van der Waals surface area contributed by atoms with E-state index in [0.717, 1.165) is 24.8 Å². The summed E-state index contributed by atoms with van der Waals surface area (Å²) in [6.07, 6.45) is 10.8. The van der Waals surface area contributed by atoms with Gasteiger partial charge in [0.05, 0.1) is 11.8 Å². The van der Waals surface area contributed by atoms with Crippen molar-refractivity contribution in [3.8, 4) is 0 Å². The maximum absolute atomic E-state index is 13.4. The van der Waals surface area contributed by atoms with Crippen molar-refractivity contribution in [3.63, 3.8) is 0 Å². The minimum Gasteiger partial charge on any atom is -0.458 e. The van der Waals surface area contributed by atoms with E-state index < -0.39 is 17.9 Å². The molecule has 0 saturated heterocycles. The summed E-state index contributed by atoms with van der Waals surface area (Å²) in [5.74, 6) is -0.0613. The van der Waals surface area contributed by atoms with Gasteiger partial charge in [0.25, 0.3) is 0 Å². The Morgan fingerprint density at radius 2 is 2.09 bits per heavy atom. The monoisotopic (exact) mass is 479 g/mol. The van der Waals surface area contributed by atoms with E-state index in [1.807, 2.05) is 6.08 Å². The largest absolute Gasteiger partial charge is 0.458 e. The van der Waals surface area contributed by atoms with Gasteiger partial charge in [-0.25, -0.2) is 9.18 Å². The fourth-order valence-electron chi connectivity index (χ4n) is 7.90. The second-order valence-electron chi connectivity index (χ2n) is 11.5. The first kappa shape index (κ1) is 24.0. The quantitative estimate of drug-likeness (QED) is 0.367. The third kappa shape index (κ3) is 3.86. The molecule has 3 fully saturated rings. The van der Waals surface area contributed by atoms with Crippen LogP contribution in [0.1, 0.15) is 52.0 Å². The number of benzene rings is 1. The predicted octanol–water partition coefficient (Wildman–Crippen LogP) is 4.86. The molecule has 3 saturated carbocycles. The molecule has 0 bridgehead atoms. The van der Waals surface area contributed by atoms with E-state index in [4.69, 9.17) is 10.5 Å². The van der Waals surface area contributed by atoms with Gasteiger partial charge in [-0.1, -0.05) is 38.5 Å². The Balaban J connectivity index is 1.36. The molecule has 4 aliphatic rings. The van der Waals surface area contributed by atoms with Crippen LogP contribution < -0.4 is 5.73 Å². The molecule has 1 aromatic carbocycles. The van der Waals surface area contributed by atoms with Crippen LogP contribution in [-0.4, -0.2) is 29.1 Å². The zero-order valence-corrected chi connectivity index (χ0v) is 20.5. The number of allylic oxidation sites excluding steroid dienone is 4. The number of anilines is 1. The number of rotatable bonds is 3. The first-order valence-corrected chi connectivity index (χ1v) is 12.6. The highest BCUT2D eigenvalue weighted by Crippen LogP contribution is 2.65. The van der Waals surface area contributed by atoms with Crippen LogP contribution in [0.3, 0.4) is 0 Å². The van der Waals surface area contributed by atoms with Crippen LogP contribution in [-0.2, 0) is 14.3 Å². The molecule has 3 N–H and O–H groups in total. The Labute approximate surface area is 205 Å². The molecule has 4 aliphatic carbocycles. The summed E-state index contributed by atoms with van der Waals surface area (Å²) in [5, 5.41) is 11.5. The molecule has 5 nitrogen and oxygen atoms in total. The Hall–Kier alpha value is -2.73. The summed E-state index contributed by atoms with van der Waals surface area (Å²) in [4.78, 5) is 24.8. The lowest BCUT2D eigenvalue weighted by Gasteiger charge is -2.58. The van der Waals surface area contributed by atoms with Crippen molar-refractivity contribution in [3.05, 3.63) is 59.5 Å². The molecule has 8 unspecified atom stereocenters. The van der Waals surface area contributed by atoms with E-state index in [1.165, 1.54) is 18.2 Å². The number of aliphatic hydroxyl groups excluding tert-OH is 1. The summed E-state index contributed by atoms with van der Waals surface area (Å²) in [6, 6.07) is 4.31. The fourth-order valence-corrected chi connectivity index (χ4v) is 7.90. The van der Waals surface area contributed by atoms with Crippen molar-refractivity contribution in [1.29, 1.82) is 0 Å². The topological polar surface area (TPSA) is 89.6 Å². The number of hydrogen-bond acceptors (Lipinski definition) is 5. The van der Waals surface area contributed by atoms with Crippen molar-refractivity contribution in [2.24, 2.45) is 34.5 Å². The lowest BCUT2D eigenvalue weighted by molar-refractivity contribution is -0.165. The molecule has 1 aromatic rings. The molecular formula is C29H34FNO4. The van der Waals surface area contributed by atoms with E-state index >= 15 is 0 Å². The average molecular weight is 480 g/mol. The van der Waals surface area contributed by atoms with Gasteiger partial charge < -0.3 is 15.6 Å². The van der Waals surface area contributed by atoms with Gasteiger partial charge in [-0.2, -0.15) is 0 Å². The first-order valence-electron chi connectivity index (χ1n) is 12.6. The zero-order valence-electron chi connectivity index (χ0n) is 20.5. The number of hydrogen-bond donors (Lipinski definition) is 2. The number of nitrogen functional groups attached to an aromatic ring is 1. The number of fused-ring (bicyclic) bond motifs is 5. The van der Waals surface area contributed by atoms with Crippen molar-refractivity contribution < 1.29 is 23.8 Å². The van der Waals surface area contributed by atoms with Gasteiger partial charge in [0, 0.05) is 22.8 Å². The lowest BCUT2D eigenvalue weighted by atomic mass is 9.47. The van der Waals surface area contributed by atoms with Crippen LogP contribution in [0.25, 0.3) is 6.08 Å². The number of carbonyl (C=O) groups excluding carboxylic acids is 2. The van der Waals surface area contributed by atoms with Gasteiger partial charge >= 0.3 is 5.97 Å². The number of halogens is 1. The Bertz CT molecular complexity index is 1160. The first-order chi connectivity index (χ1) is 16.5. The van der Waals surface area contributed by atoms with E-state index in [2.05, 4.69) is 20.8 Å². The van der Waals surface area contributed by atoms with E-state index in [1.54, 1.807) is 24.3 Å². The van der Waals surface area contributed by atoms with Crippen LogP contribution in [0, 0.1) is 40.3 Å². The molecule has 35 heavy (non-hydrogen) atoms. The van der Waals surface area contributed by atoms with E-state index in [-0.39, 0.29) is 40.2 Å². The third-order valence-electron chi connectivity index (χ3n) is 9.40. The normalized spacial score (nSPS) is 40.1.